The minimum Gasteiger partial charge on any atom is -0.497 e. The molecule has 0 aliphatic heterocycles. The average molecular weight is 385 g/mol. The van der Waals surface area contributed by atoms with E-state index in [2.05, 4.69) is 10.3 Å². The molecule has 0 aliphatic carbocycles. The van der Waals surface area contributed by atoms with Gasteiger partial charge in [0.05, 0.1) is 17.2 Å². The summed E-state index contributed by atoms with van der Waals surface area (Å²) in [7, 11) is 1.55. The van der Waals surface area contributed by atoms with E-state index in [9.17, 15) is 9.59 Å². The van der Waals surface area contributed by atoms with E-state index in [-0.39, 0.29) is 17.4 Å². The molecule has 25 heavy (non-hydrogen) atoms. The molecule has 0 aliphatic rings. The molecule has 0 saturated heterocycles. The van der Waals surface area contributed by atoms with E-state index >= 15 is 0 Å². The van der Waals surface area contributed by atoms with E-state index in [0.717, 1.165) is 0 Å². The Bertz CT molecular complexity index is 753. The lowest BCUT2D eigenvalue weighted by Crippen LogP contribution is -2.24. The molecular formula is C16H14Cl2N2O5. The van der Waals surface area contributed by atoms with Gasteiger partial charge in [-0.1, -0.05) is 23.2 Å². The SMILES string of the molecule is COc1ccc(OCC(=O)OCC(=O)Nc2ncc(Cl)cc2Cl)cc1. The zero-order valence-electron chi connectivity index (χ0n) is 13.1. The summed E-state index contributed by atoms with van der Waals surface area (Å²) >= 11 is 11.6. The molecular weight excluding hydrogens is 371 g/mol. The number of nitrogens with zero attached hydrogens (tertiary/aromatic N) is 1. The first kappa shape index (κ1) is 18.8. The van der Waals surface area contributed by atoms with Gasteiger partial charge in [0, 0.05) is 6.20 Å². The molecule has 1 N–H and O–H groups in total. The van der Waals surface area contributed by atoms with Crippen molar-refractivity contribution in [3.63, 3.8) is 0 Å². The summed E-state index contributed by atoms with van der Waals surface area (Å²) in [6.45, 7) is -0.828. The molecule has 0 bridgehead atoms. The molecule has 2 rings (SSSR count). The lowest BCUT2D eigenvalue weighted by Gasteiger charge is -2.08. The predicted molar refractivity (Wildman–Crippen MR) is 92.3 cm³/mol. The van der Waals surface area contributed by atoms with Crippen molar-refractivity contribution in [3.8, 4) is 11.5 Å². The zero-order chi connectivity index (χ0) is 18.2. The summed E-state index contributed by atoms with van der Waals surface area (Å²) < 4.78 is 15.1. The first-order chi connectivity index (χ1) is 12.0. The minimum absolute atomic E-state index is 0.126. The molecule has 0 spiro atoms. The number of carbonyl (C=O) groups excluding carboxylic acids is 2. The summed E-state index contributed by atoms with van der Waals surface area (Å²) in [5, 5.41) is 2.92. The Morgan fingerprint density at radius 3 is 2.44 bits per heavy atom. The van der Waals surface area contributed by atoms with Gasteiger partial charge in [0.15, 0.2) is 19.0 Å². The first-order valence-corrected chi connectivity index (χ1v) is 7.77. The Balaban J connectivity index is 1.74. The molecule has 1 aromatic heterocycles. The number of carbonyl (C=O) groups is 2. The van der Waals surface area contributed by atoms with Crippen LogP contribution in [-0.4, -0.2) is 37.2 Å². The van der Waals surface area contributed by atoms with Crippen LogP contribution in [0.2, 0.25) is 10.0 Å². The van der Waals surface area contributed by atoms with Crippen molar-refractivity contribution in [1.82, 2.24) is 4.98 Å². The number of aromatic nitrogens is 1. The molecule has 0 atom stereocenters. The summed E-state index contributed by atoms with van der Waals surface area (Å²) in [5.74, 6) is -0.0161. The van der Waals surface area contributed by atoms with Crippen LogP contribution in [0.3, 0.4) is 0 Å². The maximum atomic E-state index is 11.7. The smallest absolute Gasteiger partial charge is 0.344 e. The van der Waals surface area contributed by atoms with Crippen LogP contribution >= 0.6 is 23.2 Å². The highest BCUT2D eigenvalue weighted by Crippen LogP contribution is 2.22. The monoisotopic (exact) mass is 384 g/mol. The van der Waals surface area contributed by atoms with Crippen LogP contribution in [0.4, 0.5) is 5.82 Å². The number of anilines is 1. The van der Waals surface area contributed by atoms with Crippen molar-refractivity contribution in [2.45, 2.75) is 0 Å². The van der Waals surface area contributed by atoms with Crippen molar-refractivity contribution in [3.05, 3.63) is 46.6 Å². The molecule has 0 saturated carbocycles. The van der Waals surface area contributed by atoms with Crippen molar-refractivity contribution >= 4 is 40.9 Å². The lowest BCUT2D eigenvalue weighted by molar-refractivity contribution is -0.149. The summed E-state index contributed by atoms with van der Waals surface area (Å²) in [5.41, 5.74) is 0. The molecule has 1 aromatic carbocycles. The van der Waals surface area contributed by atoms with E-state index in [0.29, 0.717) is 16.5 Å². The summed E-state index contributed by atoms with van der Waals surface area (Å²) in [6, 6.07) is 8.11. The van der Waals surface area contributed by atoms with Gasteiger partial charge in [0.1, 0.15) is 11.5 Å². The van der Waals surface area contributed by atoms with Crippen LogP contribution in [0.25, 0.3) is 0 Å². The van der Waals surface area contributed by atoms with E-state index in [4.69, 9.17) is 37.4 Å². The molecule has 0 radical (unpaired) electrons. The minimum atomic E-state index is -0.693. The Labute approximate surface area is 153 Å². The van der Waals surface area contributed by atoms with Gasteiger partial charge in [-0.2, -0.15) is 0 Å². The standard InChI is InChI=1S/C16H14Cl2N2O5/c1-23-11-2-4-12(5-3-11)24-9-15(22)25-8-14(21)20-16-13(18)6-10(17)7-19-16/h2-7H,8-9H2,1H3,(H,19,20,21). The third-order valence-electron chi connectivity index (χ3n) is 2.85. The quantitative estimate of drug-likeness (QED) is 0.738. The maximum Gasteiger partial charge on any atom is 0.344 e. The van der Waals surface area contributed by atoms with Crippen molar-refractivity contribution in [1.29, 1.82) is 0 Å². The topological polar surface area (TPSA) is 86.8 Å². The van der Waals surface area contributed by atoms with Crippen LogP contribution < -0.4 is 14.8 Å². The zero-order valence-corrected chi connectivity index (χ0v) is 14.6. The number of hydrogen-bond acceptors (Lipinski definition) is 6. The highest BCUT2D eigenvalue weighted by atomic mass is 35.5. The Morgan fingerprint density at radius 1 is 1.12 bits per heavy atom. The predicted octanol–water partition coefficient (Wildman–Crippen LogP) is 2.96. The number of rotatable bonds is 7. The normalized spacial score (nSPS) is 10.0. The number of hydrogen-bond donors (Lipinski definition) is 1. The molecule has 1 heterocycles. The number of pyridine rings is 1. The maximum absolute atomic E-state index is 11.7. The van der Waals surface area contributed by atoms with Crippen LogP contribution in [0.1, 0.15) is 0 Å². The second kappa shape index (κ2) is 9.10. The first-order valence-electron chi connectivity index (χ1n) is 7.01. The van der Waals surface area contributed by atoms with E-state index in [1.807, 2.05) is 0 Å². The number of esters is 1. The number of halogens is 2. The number of benzene rings is 1. The second-order valence-electron chi connectivity index (χ2n) is 4.66. The van der Waals surface area contributed by atoms with Crippen LogP contribution in [-0.2, 0) is 14.3 Å². The van der Waals surface area contributed by atoms with Gasteiger partial charge >= 0.3 is 5.97 Å². The van der Waals surface area contributed by atoms with Crippen LogP contribution in [0.5, 0.6) is 11.5 Å². The molecule has 0 fully saturated rings. The second-order valence-corrected chi connectivity index (χ2v) is 5.50. The van der Waals surface area contributed by atoms with Gasteiger partial charge in [-0.25, -0.2) is 9.78 Å². The van der Waals surface area contributed by atoms with Crippen molar-refractivity contribution in [2.24, 2.45) is 0 Å². The average Bonchev–Trinajstić information content (AvgIpc) is 2.61. The van der Waals surface area contributed by atoms with Crippen LogP contribution in [0, 0.1) is 0 Å². The highest BCUT2D eigenvalue weighted by Gasteiger charge is 2.11. The van der Waals surface area contributed by atoms with Crippen molar-refractivity contribution < 1.29 is 23.8 Å². The molecule has 9 heteroatoms. The fraction of sp³-hybridized carbons (Fsp3) is 0.188. The Hall–Kier alpha value is -2.51. The third kappa shape index (κ3) is 6.13. The van der Waals surface area contributed by atoms with Gasteiger partial charge < -0.3 is 19.5 Å². The van der Waals surface area contributed by atoms with Gasteiger partial charge in [-0.15, -0.1) is 0 Å². The number of amides is 1. The molecule has 132 valence electrons. The number of nitrogens with one attached hydrogen (secondary N) is 1. The molecule has 7 nitrogen and oxygen atoms in total. The molecule has 1 amide bonds. The summed E-state index contributed by atoms with van der Waals surface area (Å²) in [6.07, 6.45) is 1.33. The number of ether oxygens (including phenoxy) is 3. The lowest BCUT2D eigenvalue weighted by atomic mass is 10.3. The Kier molecular flexibility index (Phi) is 6.85. The van der Waals surface area contributed by atoms with E-state index in [1.54, 1.807) is 31.4 Å². The summed E-state index contributed by atoms with van der Waals surface area (Å²) in [4.78, 5) is 27.2. The third-order valence-corrected chi connectivity index (χ3v) is 3.34. The Morgan fingerprint density at radius 2 is 1.80 bits per heavy atom. The van der Waals surface area contributed by atoms with Gasteiger partial charge in [0.25, 0.3) is 5.91 Å². The van der Waals surface area contributed by atoms with Gasteiger partial charge in [-0.05, 0) is 30.3 Å². The fourth-order valence-corrected chi connectivity index (χ4v) is 2.10. The van der Waals surface area contributed by atoms with E-state index in [1.165, 1.54) is 12.3 Å². The van der Waals surface area contributed by atoms with Crippen LogP contribution in [0.15, 0.2) is 36.5 Å². The largest absolute Gasteiger partial charge is 0.497 e. The van der Waals surface area contributed by atoms with E-state index < -0.39 is 18.5 Å². The van der Waals surface area contributed by atoms with Crippen molar-refractivity contribution in [2.75, 3.05) is 25.6 Å². The highest BCUT2D eigenvalue weighted by molar-refractivity contribution is 6.36. The van der Waals surface area contributed by atoms with Gasteiger partial charge in [0.2, 0.25) is 0 Å². The molecule has 2 aromatic rings. The molecule has 0 unspecified atom stereocenters. The fourth-order valence-electron chi connectivity index (χ4n) is 1.68. The van der Waals surface area contributed by atoms with Gasteiger partial charge in [-0.3, -0.25) is 4.79 Å². The number of methoxy groups -OCH3 is 1.